The number of pyridine rings is 1. The van der Waals surface area contributed by atoms with E-state index in [0.717, 1.165) is 4.31 Å². The summed E-state index contributed by atoms with van der Waals surface area (Å²) in [6.45, 7) is 0. The SMILES string of the molecule is CN(c1ccccn1)S(=O)(=O)c1cc(C#N)ccc1Cl. The summed E-state index contributed by atoms with van der Waals surface area (Å²) in [4.78, 5) is 3.86. The van der Waals surface area contributed by atoms with Gasteiger partial charge in [0.15, 0.2) is 0 Å². The van der Waals surface area contributed by atoms with Crippen molar-refractivity contribution in [2.24, 2.45) is 0 Å². The van der Waals surface area contributed by atoms with Gasteiger partial charge < -0.3 is 0 Å². The van der Waals surface area contributed by atoms with E-state index in [-0.39, 0.29) is 21.3 Å². The summed E-state index contributed by atoms with van der Waals surface area (Å²) in [5, 5.41) is 8.92. The number of aromatic nitrogens is 1. The highest BCUT2D eigenvalue weighted by molar-refractivity contribution is 7.92. The summed E-state index contributed by atoms with van der Waals surface area (Å²) in [5.41, 5.74) is 0.224. The van der Waals surface area contributed by atoms with Crippen LogP contribution in [0.5, 0.6) is 0 Å². The Morgan fingerprint density at radius 1 is 1.30 bits per heavy atom. The second-order valence-corrected chi connectivity index (χ2v) is 6.26. The standard InChI is InChI=1S/C13H10ClN3O2S/c1-17(13-4-2-3-7-16-13)20(18,19)12-8-10(9-15)5-6-11(12)14/h2-8H,1H3. The van der Waals surface area contributed by atoms with Crippen LogP contribution in [-0.2, 0) is 10.0 Å². The van der Waals surface area contributed by atoms with Gasteiger partial charge in [0.05, 0.1) is 16.7 Å². The number of rotatable bonds is 3. The van der Waals surface area contributed by atoms with Crippen molar-refractivity contribution >= 4 is 27.4 Å². The quantitative estimate of drug-likeness (QED) is 0.873. The van der Waals surface area contributed by atoms with Crippen LogP contribution in [0, 0.1) is 11.3 Å². The molecule has 7 heteroatoms. The zero-order valence-electron chi connectivity index (χ0n) is 10.5. The lowest BCUT2D eigenvalue weighted by Crippen LogP contribution is -2.27. The first-order valence-corrected chi connectivity index (χ1v) is 7.38. The van der Waals surface area contributed by atoms with Crippen LogP contribution < -0.4 is 4.31 Å². The van der Waals surface area contributed by atoms with Gasteiger partial charge in [-0.2, -0.15) is 5.26 Å². The van der Waals surface area contributed by atoms with Gasteiger partial charge in [0, 0.05) is 13.2 Å². The van der Waals surface area contributed by atoms with Crippen LogP contribution in [0.25, 0.3) is 0 Å². The Morgan fingerprint density at radius 2 is 2.05 bits per heavy atom. The molecule has 0 aliphatic carbocycles. The first-order valence-electron chi connectivity index (χ1n) is 5.56. The Balaban J connectivity index is 2.54. The smallest absolute Gasteiger partial charge is 0.253 e. The van der Waals surface area contributed by atoms with Crippen LogP contribution in [0.2, 0.25) is 5.02 Å². The molecule has 0 radical (unpaired) electrons. The highest BCUT2D eigenvalue weighted by Gasteiger charge is 2.25. The van der Waals surface area contributed by atoms with E-state index in [1.54, 1.807) is 18.2 Å². The fourth-order valence-corrected chi connectivity index (χ4v) is 3.23. The van der Waals surface area contributed by atoms with E-state index in [2.05, 4.69) is 4.98 Å². The minimum absolute atomic E-state index is 0.0618. The second-order valence-electron chi connectivity index (χ2n) is 3.92. The van der Waals surface area contributed by atoms with E-state index in [9.17, 15) is 8.42 Å². The predicted octanol–water partition coefficient (Wildman–Crippen LogP) is 2.43. The summed E-state index contributed by atoms with van der Waals surface area (Å²) in [6.07, 6.45) is 1.49. The first-order chi connectivity index (χ1) is 9.46. The lowest BCUT2D eigenvalue weighted by atomic mass is 10.2. The Morgan fingerprint density at radius 3 is 2.65 bits per heavy atom. The highest BCUT2D eigenvalue weighted by Crippen LogP contribution is 2.27. The predicted molar refractivity (Wildman–Crippen MR) is 76.0 cm³/mol. The molecular weight excluding hydrogens is 298 g/mol. The zero-order valence-corrected chi connectivity index (χ0v) is 12.1. The molecule has 102 valence electrons. The number of nitriles is 1. The average molecular weight is 308 g/mol. The van der Waals surface area contributed by atoms with E-state index in [0.29, 0.717) is 0 Å². The van der Waals surface area contributed by atoms with Gasteiger partial charge >= 0.3 is 0 Å². The lowest BCUT2D eigenvalue weighted by Gasteiger charge is -2.19. The largest absolute Gasteiger partial charge is 0.266 e. The van der Waals surface area contributed by atoms with Crippen molar-refractivity contribution in [1.82, 2.24) is 4.98 Å². The van der Waals surface area contributed by atoms with Gasteiger partial charge in [0.25, 0.3) is 10.0 Å². The molecule has 0 unspecified atom stereocenters. The molecule has 0 spiro atoms. The molecule has 0 aliphatic heterocycles. The Kier molecular flexibility index (Phi) is 3.93. The van der Waals surface area contributed by atoms with Crippen molar-refractivity contribution in [3.8, 4) is 6.07 Å². The summed E-state index contributed by atoms with van der Waals surface area (Å²) in [5.74, 6) is 0.269. The molecule has 0 saturated carbocycles. The van der Waals surface area contributed by atoms with Gasteiger partial charge in [-0.05, 0) is 30.3 Å². The van der Waals surface area contributed by atoms with Gasteiger partial charge in [0.1, 0.15) is 10.7 Å². The maximum Gasteiger partial charge on any atom is 0.266 e. The third-order valence-electron chi connectivity index (χ3n) is 2.67. The normalized spacial score (nSPS) is 10.8. The average Bonchev–Trinajstić information content (AvgIpc) is 2.47. The molecule has 0 saturated heterocycles. The molecular formula is C13H10ClN3O2S. The van der Waals surface area contributed by atoms with Gasteiger partial charge in [-0.3, -0.25) is 4.31 Å². The molecule has 0 atom stereocenters. The molecule has 0 aliphatic rings. The number of halogens is 1. The molecule has 20 heavy (non-hydrogen) atoms. The highest BCUT2D eigenvalue weighted by atomic mass is 35.5. The third kappa shape index (κ3) is 2.59. The molecule has 2 aromatic rings. The minimum Gasteiger partial charge on any atom is -0.253 e. The molecule has 1 heterocycles. The summed E-state index contributed by atoms with van der Waals surface area (Å²) in [6, 6.07) is 10.9. The molecule has 2 rings (SSSR count). The van der Waals surface area contributed by atoms with Crippen molar-refractivity contribution in [2.45, 2.75) is 4.90 Å². The summed E-state index contributed by atoms with van der Waals surface area (Å²) >= 11 is 5.93. The van der Waals surface area contributed by atoms with Crippen molar-refractivity contribution < 1.29 is 8.42 Å². The molecule has 1 aromatic carbocycles. The Labute approximate surface area is 122 Å². The number of sulfonamides is 1. The maximum absolute atomic E-state index is 12.5. The topological polar surface area (TPSA) is 74.1 Å². The molecule has 0 fully saturated rings. The lowest BCUT2D eigenvalue weighted by molar-refractivity contribution is 0.594. The molecule has 0 amide bonds. The van der Waals surface area contributed by atoms with Crippen molar-refractivity contribution in [3.05, 3.63) is 53.2 Å². The number of benzene rings is 1. The number of nitrogens with zero attached hydrogens (tertiary/aromatic N) is 3. The van der Waals surface area contributed by atoms with Crippen molar-refractivity contribution in [2.75, 3.05) is 11.4 Å². The maximum atomic E-state index is 12.5. The second kappa shape index (κ2) is 5.49. The van der Waals surface area contributed by atoms with Crippen LogP contribution in [-0.4, -0.2) is 20.4 Å². The van der Waals surface area contributed by atoms with Gasteiger partial charge in [0.2, 0.25) is 0 Å². The summed E-state index contributed by atoms with van der Waals surface area (Å²) < 4.78 is 26.1. The van der Waals surface area contributed by atoms with E-state index >= 15 is 0 Å². The van der Waals surface area contributed by atoms with E-state index in [1.165, 1.54) is 31.4 Å². The number of hydrogen-bond donors (Lipinski definition) is 0. The van der Waals surface area contributed by atoms with Crippen LogP contribution in [0.1, 0.15) is 5.56 Å². The number of hydrogen-bond acceptors (Lipinski definition) is 4. The van der Waals surface area contributed by atoms with Crippen LogP contribution >= 0.6 is 11.6 Å². The first kappa shape index (κ1) is 14.3. The van der Waals surface area contributed by atoms with Crippen LogP contribution in [0.3, 0.4) is 0 Å². The van der Waals surface area contributed by atoms with E-state index in [4.69, 9.17) is 16.9 Å². The molecule has 1 aromatic heterocycles. The third-order valence-corrected chi connectivity index (χ3v) is 4.91. The minimum atomic E-state index is -3.87. The van der Waals surface area contributed by atoms with Crippen molar-refractivity contribution in [1.29, 1.82) is 5.26 Å². The fraction of sp³-hybridized carbons (Fsp3) is 0.0769. The van der Waals surface area contributed by atoms with Crippen LogP contribution in [0.15, 0.2) is 47.5 Å². The van der Waals surface area contributed by atoms with Gasteiger partial charge in [-0.25, -0.2) is 13.4 Å². The Hall–Kier alpha value is -2.10. The summed E-state index contributed by atoms with van der Waals surface area (Å²) in [7, 11) is -2.49. The van der Waals surface area contributed by atoms with Crippen molar-refractivity contribution in [3.63, 3.8) is 0 Å². The number of anilines is 1. The molecule has 5 nitrogen and oxygen atoms in total. The van der Waals surface area contributed by atoms with E-state index in [1.807, 2.05) is 6.07 Å². The molecule has 0 bridgehead atoms. The fourth-order valence-electron chi connectivity index (χ4n) is 1.58. The zero-order chi connectivity index (χ0) is 14.8. The van der Waals surface area contributed by atoms with Crippen LogP contribution in [0.4, 0.5) is 5.82 Å². The Bertz CT molecular complexity index is 770. The monoisotopic (exact) mass is 307 g/mol. The molecule has 0 N–H and O–H groups in total. The van der Waals surface area contributed by atoms with E-state index < -0.39 is 10.0 Å². The van der Waals surface area contributed by atoms with Gasteiger partial charge in [-0.15, -0.1) is 0 Å². The van der Waals surface area contributed by atoms with Gasteiger partial charge in [-0.1, -0.05) is 17.7 Å².